The first kappa shape index (κ1) is 10.1. The first-order valence-corrected chi connectivity index (χ1v) is 5.97. The molecule has 2 nitrogen and oxygen atoms in total. The lowest BCUT2D eigenvalue weighted by Crippen LogP contribution is -2.15. The summed E-state index contributed by atoms with van der Waals surface area (Å²) in [5.41, 5.74) is 2.29. The van der Waals surface area contributed by atoms with Gasteiger partial charge in [-0.1, -0.05) is 11.6 Å². The SMILES string of the molecule is Clc1ccc2nccc(CNC3CC3)c2c1. The Bertz CT molecular complexity index is 520. The summed E-state index contributed by atoms with van der Waals surface area (Å²) in [4.78, 5) is 4.34. The van der Waals surface area contributed by atoms with Crippen LogP contribution < -0.4 is 5.32 Å². The number of nitrogens with one attached hydrogen (secondary N) is 1. The van der Waals surface area contributed by atoms with Gasteiger partial charge in [-0.05, 0) is 42.7 Å². The zero-order chi connectivity index (χ0) is 11.0. The summed E-state index contributed by atoms with van der Waals surface area (Å²) < 4.78 is 0. The van der Waals surface area contributed by atoms with Gasteiger partial charge in [-0.15, -0.1) is 0 Å². The molecule has 0 saturated heterocycles. The van der Waals surface area contributed by atoms with Crippen molar-refractivity contribution >= 4 is 22.5 Å². The second kappa shape index (κ2) is 4.04. The van der Waals surface area contributed by atoms with E-state index in [1.165, 1.54) is 18.4 Å². The third kappa shape index (κ3) is 2.04. The number of halogens is 1. The molecule has 1 aliphatic carbocycles. The number of rotatable bonds is 3. The molecule has 2 aromatic rings. The van der Waals surface area contributed by atoms with Gasteiger partial charge in [-0.25, -0.2) is 0 Å². The molecule has 1 aromatic carbocycles. The molecule has 1 fully saturated rings. The molecule has 3 heteroatoms. The van der Waals surface area contributed by atoms with Crippen molar-refractivity contribution in [2.75, 3.05) is 0 Å². The highest BCUT2D eigenvalue weighted by atomic mass is 35.5. The van der Waals surface area contributed by atoms with Crippen LogP contribution in [0.15, 0.2) is 30.5 Å². The van der Waals surface area contributed by atoms with Crippen LogP contribution in [0, 0.1) is 0 Å². The molecule has 16 heavy (non-hydrogen) atoms. The molecular formula is C13H13ClN2. The third-order valence-electron chi connectivity index (χ3n) is 2.95. The number of hydrogen-bond acceptors (Lipinski definition) is 2. The highest BCUT2D eigenvalue weighted by Crippen LogP contribution is 2.23. The molecule has 1 N–H and O–H groups in total. The van der Waals surface area contributed by atoms with Crippen molar-refractivity contribution in [3.05, 3.63) is 41.0 Å². The molecule has 0 aliphatic heterocycles. The number of hydrogen-bond donors (Lipinski definition) is 1. The molecule has 0 amide bonds. The fourth-order valence-corrected chi connectivity index (χ4v) is 2.04. The van der Waals surface area contributed by atoms with E-state index in [2.05, 4.69) is 16.4 Å². The fraction of sp³-hybridized carbons (Fsp3) is 0.308. The van der Waals surface area contributed by atoms with Gasteiger partial charge in [-0.2, -0.15) is 0 Å². The second-order valence-electron chi connectivity index (χ2n) is 4.29. The fourth-order valence-electron chi connectivity index (χ4n) is 1.87. The van der Waals surface area contributed by atoms with Gasteiger partial charge in [0.25, 0.3) is 0 Å². The first-order valence-electron chi connectivity index (χ1n) is 5.59. The number of nitrogens with zero attached hydrogens (tertiary/aromatic N) is 1. The molecule has 3 rings (SSSR count). The first-order chi connectivity index (χ1) is 7.83. The minimum Gasteiger partial charge on any atom is -0.310 e. The van der Waals surface area contributed by atoms with E-state index < -0.39 is 0 Å². The van der Waals surface area contributed by atoms with Crippen molar-refractivity contribution in [2.45, 2.75) is 25.4 Å². The average Bonchev–Trinajstić information content (AvgIpc) is 3.10. The zero-order valence-electron chi connectivity index (χ0n) is 8.91. The maximum absolute atomic E-state index is 6.02. The van der Waals surface area contributed by atoms with E-state index in [0.29, 0.717) is 0 Å². The van der Waals surface area contributed by atoms with E-state index >= 15 is 0 Å². The Labute approximate surface area is 99.6 Å². The van der Waals surface area contributed by atoms with Crippen LogP contribution in [0.2, 0.25) is 5.02 Å². The molecule has 1 aromatic heterocycles. The van der Waals surface area contributed by atoms with Crippen molar-refractivity contribution in [1.82, 2.24) is 10.3 Å². The predicted molar refractivity (Wildman–Crippen MR) is 66.6 cm³/mol. The summed E-state index contributed by atoms with van der Waals surface area (Å²) in [5.74, 6) is 0. The summed E-state index contributed by atoms with van der Waals surface area (Å²) in [6, 6.07) is 8.64. The molecule has 0 radical (unpaired) electrons. The molecule has 0 spiro atoms. The van der Waals surface area contributed by atoms with Gasteiger partial charge in [0.2, 0.25) is 0 Å². The summed E-state index contributed by atoms with van der Waals surface area (Å²) in [5, 5.41) is 5.44. The predicted octanol–water partition coefficient (Wildman–Crippen LogP) is 3.14. The molecule has 1 heterocycles. The van der Waals surface area contributed by atoms with Crippen molar-refractivity contribution in [2.24, 2.45) is 0 Å². The number of aromatic nitrogens is 1. The van der Waals surface area contributed by atoms with Crippen LogP contribution in [0.3, 0.4) is 0 Å². The highest BCUT2D eigenvalue weighted by Gasteiger charge is 2.20. The summed E-state index contributed by atoms with van der Waals surface area (Å²) >= 11 is 6.02. The van der Waals surface area contributed by atoms with Crippen LogP contribution in [0.1, 0.15) is 18.4 Å². The number of benzene rings is 1. The zero-order valence-corrected chi connectivity index (χ0v) is 9.67. The van der Waals surface area contributed by atoms with Gasteiger partial charge in [-0.3, -0.25) is 4.98 Å². The quantitative estimate of drug-likeness (QED) is 0.880. The van der Waals surface area contributed by atoms with E-state index in [9.17, 15) is 0 Å². The minimum atomic E-state index is 0.724. The lowest BCUT2D eigenvalue weighted by atomic mass is 10.1. The van der Waals surface area contributed by atoms with Gasteiger partial charge in [0.1, 0.15) is 0 Å². The van der Waals surface area contributed by atoms with Crippen LogP contribution in [0.4, 0.5) is 0 Å². The average molecular weight is 233 g/mol. The van der Waals surface area contributed by atoms with Crippen molar-refractivity contribution in [3.8, 4) is 0 Å². The normalized spacial score (nSPS) is 15.6. The maximum atomic E-state index is 6.02. The summed E-state index contributed by atoms with van der Waals surface area (Å²) in [6.45, 7) is 0.907. The van der Waals surface area contributed by atoms with Crippen LogP contribution in [0.5, 0.6) is 0 Å². The van der Waals surface area contributed by atoms with Crippen molar-refractivity contribution in [3.63, 3.8) is 0 Å². The minimum absolute atomic E-state index is 0.724. The number of pyridine rings is 1. The molecule has 82 valence electrons. The second-order valence-corrected chi connectivity index (χ2v) is 4.72. The van der Waals surface area contributed by atoms with Crippen LogP contribution in [0.25, 0.3) is 10.9 Å². The smallest absolute Gasteiger partial charge is 0.0706 e. The van der Waals surface area contributed by atoms with Gasteiger partial charge in [0.15, 0.2) is 0 Å². The highest BCUT2D eigenvalue weighted by molar-refractivity contribution is 6.31. The topological polar surface area (TPSA) is 24.9 Å². The molecular weight excluding hydrogens is 220 g/mol. The summed E-state index contributed by atoms with van der Waals surface area (Å²) in [6.07, 6.45) is 4.48. The third-order valence-corrected chi connectivity index (χ3v) is 3.19. The maximum Gasteiger partial charge on any atom is 0.0706 e. The standard InChI is InChI=1S/C13H13ClN2/c14-10-1-4-13-12(7-10)9(5-6-15-13)8-16-11-2-3-11/h1,4-7,11,16H,2-3,8H2. The van der Waals surface area contributed by atoms with Gasteiger partial charge in [0.05, 0.1) is 5.52 Å². The van der Waals surface area contributed by atoms with Crippen molar-refractivity contribution < 1.29 is 0 Å². The Hall–Kier alpha value is -1.12. The van der Waals surface area contributed by atoms with Gasteiger partial charge in [0, 0.05) is 29.2 Å². The van der Waals surface area contributed by atoms with E-state index in [4.69, 9.17) is 11.6 Å². The Balaban J connectivity index is 1.97. The van der Waals surface area contributed by atoms with Crippen LogP contribution in [-0.2, 0) is 6.54 Å². The van der Waals surface area contributed by atoms with Crippen LogP contribution in [-0.4, -0.2) is 11.0 Å². The largest absolute Gasteiger partial charge is 0.310 e. The Morgan fingerprint density at radius 1 is 1.31 bits per heavy atom. The van der Waals surface area contributed by atoms with Crippen LogP contribution >= 0.6 is 11.6 Å². The number of fused-ring (bicyclic) bond motifs is 1. The van der Waals surface area contributed by atoms with E-state index in [1.807, 2.05) is 24.4 Å². The molecule has 0 atom stereocenters. The monoisotopic (exact) mass is 232 g/mol. The Morgan fingerprint density at radius 3 is 3.00 bits per heavy atom. The molecule has 1 aliphatic rings. The van der Waals surface area contributed by atoms with E-state index in [0.717, 1.165) is 28.5 Å². The van der Waals surface area contributed by atoms with E-state index in [-0.39, 0.29) is 0 Å². The summed E-state index contributed by atoms with van der Waals surface area (Å²) in [7, 11) is 0. The van der Waals surface area contributed by atoms with Gasteiger partial charge >= 0.3 is 0 Å². The lowest BCUT2D eigenvalue weighted by molar-refractivity contribution is 0.690. The molecule has 0 bridgehead atoms. The Kier molecular flexibility index (Phi) is 2.54. The van der Waals surface area contributed by atoms with E-state index in [1.54, 1.807) is 0 Å². The molecule has 0 unspecified atom stereocenters. The lowest BCUT2D eigenvalue weighted by Gasteiger charge is -2.07. The van der Waals surface area contributed by atoms with Gasteiger partial charge < -0.3 is 5.32 Å². The van der Waals surface area contributed by atoms with Crippen molar-refractivity contribution in [1.29, 1.82) is 0 Å². The Morgan fingerprint density at radius 2 is 2.19 bits per heavy atom. The molecule has 1 saturated carbocycles.